The highest BCUT2D eigenvalue weighted by Crippen LogP contribution is 2.48. The van der Waals surface area contributed by atoms with Crippen LogP contribution in [0.25, 0.3) is 0 Å². The molecule has 1 saturated carbocycles. The summed E-state index contributed by atoms with van der Waals surface area (Å²) in [5.74, 6) is -0.257. The van der Waals surface area contributed by atoms with Gasteiger partial charge in [-0.2, -0.15) is 0 Å². The predicted octanol–water partition coefficient (Wildman–Crippen LogP) is 2.28. The fourth-order valence-electron chi connectivity index (χ4n) is 3.46. The van der Waals surface area contributed by atoms with Crippen molar-refractivity contribution < 1.29 is 14.7 Å². The summed E-state index contributed by atoms with van der Waals surface area (Å²) >= 11 is 0. The number of nitrogens with zero attached hydrogens (tertiary/aromatic N) is 1. The molecule has 1 atom stereocenters. The number of carbonyl (C=O) groups excluding carboxylic acids is 1. The van der Waals surface area contributed by atoms with Gasteiger partial charge in [0.05, 0.1) is 0 Å². The Hall–Kier alpha value is -1.06. The molecule has 1 N–H and O–H groups in total. The van der Waals surface area contributed by atoms with E-state index in [2.05, 4.69) is 13.8 Å². The van der Waals surface area contributed by atoms with Gasteiger partial charge in [-0.1, -0.05) is 20.3 Å². The summed E-state index contributed by atoms with van der Waals surface area (Å²) in [6.07, 6.45) is 5.30. The van der Waals surface area contributed by atoms with Crippen LogP contribution in [0.5, 0.6) is 0 Å². The topological polar surface area (TPSA) is 57.6 Å². The van der Waals surface area contributed by atoms with Crippen molar-refractivity contribution in [2.75, 3.05) is 6.54 Å². The highest BCUT2D eigenvalue weighted by molar-refractivity contribution is 5.88. The van der Waals surface area contributed by atoms with Crippen LogP contribution < -0.4 is 0 Å². The average molecular weight is 253 g/mol. The second-order valence-electron chi connectivity index (χ2n) is 6.23. The van der Waals surface area contributed by atoms with E-state index in [0.29, 0.717) is 18.9 Å². The molecule has 1 aliphatic heterocycles. The van der Waals surface area contributed by atoms with Crippen LogP contribution in [0.2, 0.25) is 0 Å². The van der Waals surface area contributed by atoms with E-state index in [1.54, 1.807) is 4.90 Å². The van der Waals surface area contributed by atoms with Crippen LogP contribution in [0.3, 0.4) is 0 Å². The zero-order chi connectivity index (χ0) is 13.3. The summed E-state index contributed by atoms with van der Waals surface area (Å²) in [6.45, 7) is 4.88. The van der Waals surface area contributed by atoms with Gasteiger partial charge in [0.2, 0.25) is 5.91 Å². The van der Waals surface area contributed by atoms with Crippen molar-refractivity contribution in [1.82, 2.24) is 4.90 Å². The fraction of sp³-hybridized carbons (Fsp3) is 0.857. The lowest BCUT2D eigenvalue weighted by Gasteiger charge is -2.44. The molecule has 0 bridgehead atoms. The van der Waals surface area contributed by atoms with Crippen LogP contribution in [0.1, 0.15) is 52.4 Å². The largest absolute Gasteiger partial charge is 0.480 e. The van der Waals surface area contributed by atoms with Crippen LogP contribution >= 0.6 is 0 Å². The van der Waals surface area contributed by atoms with Crippen molar-refractivity contribution in [2.45, 2.75) is 58.4 Å². The molecular weight excluding hydrogens is 230 g/mol. The molecule has 4 heteroatoms. The van der Waals surface area contributed by atoms with E-state index in [4.69, 9.17) is 0 Å². The molecule has 1 heterocycles. The molecule has 1 aliphatic carbocycles. The third-order valence-electron chi connectivity index (χ3n) is 4.36. The molecule has 1 amide bonds. The Bertz CT molecular complexity index is 347. The summed E-state index contributed by atoms with van der Waals surface area (Å²) in [5.41, 5.74) is -0.244. The normalized spacial score (nSPS) is 26.2. The van der Waals surface area contributed by atoms with E-state index in [1.807, 2.05) is 0 Å². The molecule has 1 unspecified atom stereocenters. The number of likely N-dealkylation sites (tertiary alicyclic amines) is 1. The molecule has 2 rings (SSSR count). The zero-order valence-corrected chi connectivity index (χ0v) is 11.3. The van der Waals surface area contributed by atoms with Crippen molar-refractivity contribution in [3.63, 3.8) is 0 Å². The minimum atomic E-state index is -0.847. The molecule has 4 nitrogen and oxygen atoms in total. The van der Waals surface area contributed by atoms with E-state index in [0.717, 1.165) is 32.1 Å². The molecule has 0 aromatic carbocycles. The lowest BCUT2D eigenvalue weighted by Crippen LogP contribution is -2.51. The number of carboxylic acids is 1. The van der Waals surface area contributed by atoms with Crippen molar-refractivity contribution in [1.29, 1.82) is 0 Å². The molecular formula is C14H23NO3. The van der Waals surface area contributed by atoms with Gasteiger partial charge in [-0.05, 0) is 38.0 Å². The van der Waals surface area contributed by atoms with Crippen molar-refractivity contribution in [2.24, 2.45) is 11.3 Å². The summed E-state index contributed by atoms with van der Waals surface area (Å²) in [4.78, 5) is 25.5. The Morgan fingerprint density at radius 3 is 2.44 bits per heavy atom. The smallest absolute Gasteiger partial charge is 0.326 e. The van der Waals surface area contributed by atoms with Gasteiger partial charge in [0.15, 0.2) is 0 Å². The first-order valence-corrected chi connectivity index (χ1v) is 7.00. The third-order valence-corrected chi connectivity index (χ3v) is 4.36. The maximum Gasteiger partial charge on any atom is 0.326 e. The molecule has 1 saturated heterocycles. The van der Waals surface area contributed by atoms with Crippen molar-refractivity contribution in [3.05, 3.63) is 0 Å². The highest BCUT2D eigenvalue weighted by Gasteiger charge is 2.49. The van der Waals surface area contributed by atoms with Crippen molar-refractivity contribution >= 4 is 11.9 Å². The minimum absolute atomic E-state index is 0.104. The van der Waals surface area contributed by atoms with Gasteiger partial charge in [-0.15, -0.1) is 0 Å². The van der Waals surface area contributed by atoms with Crippen LogP contribution in [0.15, 0.2) is 0 Å². The van der Waals surface area contributed by atoms with Gasteiger partial charge in [0, 0.05) is 12.0 Å². The van der Waals surface area contributed by atoms with Gasteiger partial charge >= 0.3 is 5.97 Å². The molecule has 102 valence electrons. The summed E-state index contributed by atoms with van der Waals surface area (Å²) in [6, 6.07) is -0.581. The van der Waals surface area contributed by atoms with Gasteiger partial charge in [-0.3, -0.25) is 4.79 Å². The molecule has 0 aromatic heterocycles. The lowest BCUT2D eigenvalue weighted by atomic mass is 9.63. The second kappa shape index (κ2) is 4.90. The molecule has 0 aromatic rings. The van der Waals surface area contributed by atoms with Crippen LogP contribution in [-0.4, -0.2) is 34.5 Å². The van der Waals surface area contributed by atoms with Crippen LogP contribution in [-0.2, 0) is 9.59 Å². The standard InChI is InChI=1S/C14H23NO3/c1-10(2)9-14(6-4-7-14)13(18)15-8-3-5-11(15)12(16)17/h10-11H,3-9H2,1-2H3,(H,16,17). The highest BCUT2D eigenvalue weighted by atomic mass is 16.4. The number of carboxylic acid groups (broad SMARTS) is 1. The Morgan fingerprint density at radius 2 is 2.00 bits per heavy atom. The summed E-state index contributed by atoms with van der Waals surface area (Å²) in [7, 11) is 0. The Balaban J connectivity index is 2.12. The maximum atomic E-state index is 12.7. The molecule has 2 fully saturated rings. The Labute approximate surface area is 108 Å². The van der Waals surface area contributed by atoms with Gasteiger partial charge < -0.3 is 10.0 Å². The minimum Gasteiger partial charge on any atom is -0.480 e. The van der Waals surface area contributed by atoms with Gasteiger partial charge in [0.25, 0.3) is 0 Å². The number of aliphatic carboxylic acids is 1. The van der Waals surface area contributed by atoms with E-state index >= 15 is 0 Å². The fourth-order valence-corrected chi connectivity index (χ4v) is 3.46. The maximum absolute atomic E-state index is 12.7. The van der Waals surface area contributed by atoms with Gasteiger partial charge in [0.1, 0.15) is 6.04 Å². The number of rotatable bonds is 4. The predicted molar refractivity (Wildman–Crippen MR) is 68.1 cm³/mol. The lowest BCUT2D eigenvalue weighted by molar-refractivity contribution is -0.157. The second-order valence-corrected chi connectivity index (χ2v) is 6.23. The van der Waals surface area contributed by atoms with Crippen LogP contribution in [0.4, 0.5) is 0 Å². The van der Waals surface area contributed by atoms with Gasteiger partial charge in [-0.25, -0.2) is 4.79 Å². The third kappa shape index (κ3) is 2.25. The first kappa shape index (κ1) is 13.4. The number of hydrogen-bond acceptors (Lipinski definition) is 2. The first-order valence-electron chi connectivity index (χ1n) is 7.00. The van der Waals surface area contributed by atoms with Crippen LogP contribution in [0, 0.1) is 11.3 Å². The molecule has 0 radical (unpaired) electrons. The molecule has 0 spiro atoms. The number of carbonyl (C=O) groups is 2. The van der Waals surface area contributed by atoms with Crippen molar-refractivity contribution in [3.8, 4) is 0 Å². The number of hydrogen-bond donors (Lipinski definition) is 1. The number of amides is 1. The van der Waals surface area contributed by atoms with E-state index in [1.165, 1.54) is 0 Å². The monoisotopic (exact) mass is 253 g/mol. The molecule has 2 aliphatic rings. The molecule has 18 heavy (non-hydrogen) atoms. The van der Waals surface area contributed by atoms with E-state index in [9.17, 15) is 14.7 Å². The Kier molecular flexibility index (Phi) is 3.64. The Morgan fingerprint density at radius 1 is 1.33 bits per heavy atom. The SMILES string of the molecule is CC(C)CC1(C(=O)N2CCCC2C(=O)O)CCC1. The zero-order valence-electron chi connectivity index (χ0n) is 11.3. The van der Waals surface area contributed by atoms with E-state index < -0.39 is 12.0 Å². The average Bonchev–Trinajstić information content (AvgIpc) is 2.70. The van der Waals surface area contributed by atoms with E-state index in [-0.39, 0.29) is 11.3 Å². The first-order chi connectivity index (χ1) is 8.46. The quantitative estimate of drug-likeness (QED) is 0.836. The summed E-state index contributed by atoms with van der Waals surface area (Å²) in [5, 5.41) is 9.18. The summed E-state index contributed by atoms with van der Waals surface area (Å²) < 4.78 is 0.